The first kappa shape index (κ1) is 38.3. The van der Waals surface area contributed by atoms with Crippen molar-refractivity contribution in [3.63, 3.8) is 0 Å². The Balaban J connectivity index is 1.35. The first-order valence-electron chi connectivity index (χ1n) is 17.5. The lowest BCUT2D eigenvalue weighted by atomic mass is 9.94. The molecule has 0 unspecified atom stereocenters. The fourth-order valence-electron chi connectivity index (χ4n) is 6.62. The quantitative estimate of drug-likeness (QED) is 0.250. The van der Waals surface area contributed by atoms with Crippen LogP contribution in [0.15, 0.2) is 84.9 Å². The Hall–Kier alpha value is -3.47. The number of methoxy groups -OCH3 is 2. The van der Waals surface area contributed by atoms with Crippen LogP contribution < -0.4 is 10.1 Å². The molecular weight excluding hydrogens is 674 g/mol. The highest BCUT2D eigenvalue weighted by atomic mass is 16.8. The number of hydrogen-bond donors (Lipinski definition) is 2. The predicted octanol–water partition coefficient (Wildman–Crippen LogP) is 3.84. The van der Waals surface area contributed by atoms with Crippen molar-refractivity contribution in [2.24, 2.45) is 0 Å². The van der Waals surface area contributed by atoms with E-state index in [4.69, 9.17) is 47.4 Å². The highest BCUT2D eigenvalue weighted by molar-refractivity contribution is 5.73. The standard InChI is InChI=1S/C39H49NO12/c1-24(41)40-30-32(31-29(49-37(30)44-5)23-48-39(2,3)52-31)50-38-35(47-21-26-14-10-7-11-15-26)33(45-22-27-16-18-28(43-4)19-17-27)34(36(42)51-38)46-20-25-12-8-6-9-13-25/h6-19,29-38,42H,20-23H2,1-5H3,(H,40,41)/t29-,30-,31-,32-,33-,34-,35-,36-,37-,38+/m1/s1. The zero-order chi connectivity index (χ0) is 36.7. The molecule has 0 saturated carbocycles. The summed E-state index contributed by atoms with van der Waals surface area (Å²) < 4.78 is 62.2. The number of rotatable bonds is 14. The molecule has 52 heavy (non-hydrogen) atoms. The molecule has 3 heterocycles. The third kappa shape index (κ3) is 9.54. The summed E-state index contributed by atoms with van der Waals surface area (Å²) in [6.45, 7) is 5.68. The van der Waals surface area contributed by atoms with Crippen molar-refractivity contribution in [1.29, 1.82) is 0 Å². The molecule has 3 aliphatic heterocycles. The van der Waals surface area contributed by atoms with Crippen LogP contribution in [0.2, 0.25) is 0 Å². The molecule has 3 aromatic carbocycles. The van der Waals surface area contributed by atoms with Gasteiger partial charge in [-0.3, -0.25) is 4.79 Å². The van der Waals surface area contributed by atoms with Gasteiger partial charge in [0.2, 0.25) is 5.91 Å². The van der Waals surface area contributed by atoms with Crippen LogP contribution in [0.3, 0.4) is 0 Å². The van der Waals surface area contributed by atoms with E-state index >= 15 is 0 Å². The summed E-state index contributed by atoms with van der Waals surface area (Å²) >= 11 is 0. The van der Waals surface area contributed by atoms with Crippen LogP contribution in [0.5, 0.6) is 5.75 Å². The number of aliphatic hydroxyl groups excluding tert-OH is 1. The number of carbonyl (C=O) groups excluding carboxylic acids is 1. The van der Waals surface area contributed by atoms with Crippen molar-refractivity contribution < 1.29 is 57.3 Å². The molecule has 13 nitrogen and oxygen atoms in total. The minimum Gasteiger partial charge on any atom is -0.497 e. The van der Waals surface area contributed by atoms with Gasteiger partial charge in [-0.1, -0.05) is 72.8 Å². The molecule has 0 spiro atoms. The molecule has 3 fully saturated rings. The fourth-order valence-corrected chi connectivity index (χ4v) is 6.62. The van der Waals surface area contributed by atoms with Gasteiger partial charge in [0.1, 0.15) is 48.4 Å². The van der Waals surface area contributed by atoms with Crippen LogP contribution in [0.4, 0.5) is 0 Å². The molecule has 6 rings (SSSR count). The lowest BCUT2D eigenvalue weighted by Crippen LogP contribution is -2.70. The summed E-state index contributed by atoms with van der Waals surface area (Å²) in [6.07, 6.45) is -8.71. The summed E-state index contributed by atoms with van der Waals surface area (Å²) in [5.74, 6) is -0.600. The Labute approximate surface area is 304 Å². The minimum atomic E-state index is -1.49. The summed E-state index contributed by atoms with van der Waals surface area (Å²) in [6, 6.07) is 26.0. The molecule has 13 heteroatoms. The van der Waals surface area contributed by atoms with Gasteiger partial charge in [0, 0.05) is 14.0 Å². The van der Waals surface area contributed by atoms with Crippen LogP contribution in [-0.4, -0.2) is 99.2 Å². The van der Waals surface area contributed by atoms with Gasteiger partial charge in [-0.2, -0.15) is 0 Å². The Morgan fingerprint density at radius 3 is 1.92 bits per heavy atom. The molecule has 3 aliphatic rings. The van der Waals surface area contributed by atoms with Gasteiger partial charge in [-0.05, 0) is 42.7 Å². The van der Waals surface area contributed by atoms with E-state index in [9.17, 15) is 9.90 Å². The number of aliphatic hydroxyl groups is 1. The SMILES string of the molecule is COc1ccc(CO[C@@H]2[C@@H](OCc3ccccc3)[C@H](O)O[C@H](O[C@@H]3[C@@H](NC(C)=O)[C@H](OC)O[C@@H]4COC(C)(C)O[C@@H]34)[C@@H]2OCc2ccccc2)cc1. The van der Waals surface area contributed by atoms with Gasteiger partial charge in [-0.15, -0.1) is 0 Å². The molecule has 0 aromatic heterocycles. The molecule has 10 atom stereocenters. The smallest absolute Gasteiger partial charge is 0.217 e. The molecule has 3 saturated heterocycles. The maximum atomic E-state index is 12.5. The second kappa shape index (κ2) is 17.6. The number of amides is 1. The molecular formula is C39H49NO12. The van der Waals surface area contributed by atoms with Gasteiger partial charge >= 0.3 is 0 Å². The van der Waals surface area contributed by atoms with Crippen molar-refractivity contribution in [3.05, 3.63) is 102 Å². The van der Waals surface area contributed by atoms with Crippen LogP contribution in [0.25, 0.3) is 0 Å². The Kier molecular flexibility index (Phi) is 12.9. The van der Waals surface area contributed by atoms with Gasteiger partial charge in [-0.25, -0.2) is 0 Å². The van der Waals surface area contributed by atoms with E-state index in [2.05, 4.69) is 5.32 Å². The van der Waals surface area contributed by atoms with E-state index in [1.807, 2.05) is 84.9 Å². The van der Waals surface area contributed by atoms with Crippen LogP contribution >= 0.6 is 0 Å². The first-order chi connectivity index (χ1) is 25.1. The molecule has 0 aliphatic carbocycles. The van der Waals surface area contributed by atoms with E-state index in [1.54, 1.807) is 21.0 Å². The van der Waals surface area contributed by atoms with Crippen LogP contribution in [0, 0.1) is 0 Å². The largest absolute Gasteiger partial charge is 0.497 e. The summed E-state index contributed by atoms with van der Waals surface area (Å²) in [4.78, 5) is 12.5. The number of carbonyl (C=O) groups is 1. The van der Waals surface area contributed by atoms with E-state index in [1.165, 1.54) is 14.0 Å². The summed E-state index contributed by atoms with van der Waals surface area (Å²) in [5, 5.41) is 14.6. The number of fused-ring (bicyclic) bond motifs is 1. The lowest BCUT2D eigenvalue weighted by molar-refractivity contribution is -0.406. The lowest BCUT2D eigenvalue weighted by Gasteiger charge is -2.52. The van der Waals surface area contributed by atoms with E-state index in [-0.39, 0.29) is 32.3 Å². The fraction of sp³-hybridized carbons (Fsp3) is 0.513. The zero-order valence-electron chi connectivity index (χ0n) is 30.1. The van der Waals surface area contributed by atoms with Gasteiger partial charge in [0.15, 0.2) is 24.7 Å². The third-order valence-corrected chi connectivity index (χ3v) is 9.20. The van der Waals surface area contributed by atoms with Crippen molar-refractivity contribution >= 4 is 5.91 Å². The Morgan fingerprint density at radius 2 is 1.35 bits per heavy atom. The van der Waals surface area contributed by atoms with Gasteiger partial charge < -0.3 is 57.8 Å². The monoisotopic (exact) mass is 723 g/mol. The van der Waals surface area contributed by atoms with Crippen LogP contribution in [0.1, 0.15) is 37.5 Å². The maximum absolute atomic E-state index is 12.5. The van der Waals surface area contributed by atoms with Gasteiger partial charge in [0.05, 0.1) is 33.5 Å². The molecule has 3 aromatic rings. The number of benzene rings is 3. The first-order valence-corrected chi connectivity index (χ1v) is 17.5. The number of nitrogens with one attached hydrogen (secondary N) is 1. The number of ether oxygens (including phenoxy) is 10. The van der Waals surface area contributed by atoms with E-state index in [0.29, 0.717) is 5.75 Å². The third-order valence-electron chi connectivity index (χ3n) is 9.20. The van der Waals surface area contributed by atoms with Crippen molar-refractivity contribution in [2.75, 3.05) is 20.8 Å². The highest BCUT2D eigenvalue weighted by Gasteiger charge is 2.56. The molecule has 1 amide bonds. The Morgan fingerprint density at radius 1 is 0.769 bits per heavy atom. The Bertz CT molecular complexity index is 1540. The van der Waals surface area contributed by atoms with E-state index < -0.39 is 67.3 Å². The average molecular weight is 724 g/mol. The molecule has 0 radical (unpaired) electrons. The minimum absolute atomic E-state index is 0.154. The summed E-state index contributed by atoms with van der Waals surface area (Å²) in [5.41, 5.74) is 2.67. The van der Waals surface area contributed by atoms with Crippen molar-refractivity contribution in [1.82, 2.24) is 5.32 Å². The predicted molar refractivity (Wildman–Crippen MR) is 186 cm³/mol. The molecule has 2 N–H and O–H groups in total. The maximum Gasteiger partial charge on any atom is 0.217 e. The highest BCUT2D eigenvalue weighted by Crippen LogP contribution is 2.37. The van der Waals surface area contributed by atoms with Crippen molar-refractivity contribution in [3.8, 4) is 5.75 Å². The molecule has 282 valence electrons. The van der Waals surface area contributed by atoms with Crippen molar-refractivity contribution in [2.45, 2.75) is 108 Å². The zero-order valence-corrected chi connectivity index (χ0v) is 30.1. The summed E-state index contributed by atoms with van der Waals surface area (Å²) in [7, 11) is 3.09. The topological polar surface area (TPSA) is 142 Å². The normalized spacial score (nSPS) is 31.3. The van der Waals surface area contributed by atoms with Crippen LogP contribution in [-0.2, 0) is 67.2 Å². The average Bonchev–Trinajstić information content (AvgIpc) is 3.14. The van der Waals surface area contributed by atoms with Gasteiger partial charge in [0.25, 0.3) is 0 Å². The number of hydrogen-bond acceptors (Lipinski definition) is 12. The second-order valence-electron chi connectivity index (χ2n) is 13.4. The molecule has 0 bridgehead atoms. The van der Waals surface area contributed by atoms with E-state index in [0.717, 1.165) is 16.7 Å². The second-order valence-corrected chi connectivity index (χ2v) is 13.4.